The van der Waals surface area contributed by atoms with Crippen LogP contribution >= 0.6 is 0 Å². The number of anilines is 1. The molecule has 0 amide bonds. The number of pyridine rings is 1. The Bertz CT molecular complexity index is 320. The Balaban J connectivity index is 2.60. The van der Waals surface area contributed by atoms with Gasteiger partial charge in [0.1, 0.15) is 5.82 Å². The summed E-state index contributed by atoms with van der Waals surface area (Å²) >= 11 is 0. The molecule has 1 aliphatic rings. The molecule has 1 aliphatic carbocycles. The highest BCUT2D eigenvalue weighted by Gasteiger charge is 2.22. The van der Waals surface area contributed by atoms with E-state index in [0.717, 1.165) is 18.5 Å². The van der Waals surface area contributed by atoms with Crippen molar-refractivity contribution in [2.45, 2.75) is 25.8 Å². The van der Waals surface area contributed by atoms with Crippen LogP contribution in [0.25, 0.3) is 0 Å². The SMILES string of the molecule is Cc1cc(N)nc2c1C(N)CC2. The fourth-order valence-electron chi connectivity index (χ4n) is 1.91. The summed E-state index contributed by atoms with van der Waals surface area (Å²) in [5, 5.41) is 0. The fraction of sp³-hybridized carbons (Fsp3) is 0.444. The van der Waals surface area contributed by atoms with Gasteiger partial charge in [-0.3, -0.25) is 0 Å². The van der Waals surface area contributed by atoms with Crippen LogP contribution in [0.1, 0.15) is 29.3 Å². The summed E-state index contributed by atoms with van der Waals surface area (Å²) in [5.41, 5.74) is 15.0. The van der Waals surface area contributed by atoms with E-state index < -0.39 is 0 Å². The molecule has 0 saturated carbocycles. The summed E-state index contributed by atoms with van der Waals surface area (Å²) in [7, 11) is 0. The van der Waals surface area contributed by atoms with Gasteiger partial charge in [0.15, 0.2) is 0 Å². The number of hydrogen-bond acceptors (Lipinski definition) is 3. The standard InChI is InChI=1S/C9H13N3/c1-5-4-8(11)12-7-3-2-6(10)9(5)7/h4,6H,2-3,10H2,1H3,(H2,11,12). The van der Waals surface area contributed by atoms with Crippen LogP contribution in [-0.2, 0) is 6.42 Å². The van der Waals surface area contributed by atoms with Gasteiger partial charge in [0.05, 0.1) is 0 Å². The lowest BCUT2D eigenvalue weighted by Gasteiger charge is -2.08. The van der Waals surface area contributed by atoms with Gasteiger partial charge in [-0.25, -0.2) is 4.98 Å². The molecule has 1 heterocycles. The molecular weight excluding hydrogens is 150 g/mol. The Morgan fingerprint density at radius 3 is 3.08 bits per heavy atom. The minimum atomic E-state index is 0.174. The van der Waals surface area contributed by atoms with Crippen LogP contribution in [0.5, 0.6) is 0 Å². The Labute approximate surface area is 71.8 Å². The monoisotopic (exact) mass is 163 g/mol. The number of rotatable bonds is 0. The lowest BCUT2D eigenvalue weighted by Crippen LogP contribution is -2.08. The predicted molar refractivity (Wildman–Crippen MR) is 48.6 cm³/mol. The maximum absolute atomic E-state index is 5.92. The molecule has 1 aromatic heterocycles. The average Bonchev–Trinajstić information content (AvgIpc) is 2.31. The normalized spacial score (nSPS) is 21.0. The molecule has 0 spiro atoms. The minimum Gasteiger partial charge on any atom is -0.384 e. The van der Waals surface area contributed by atoms with Crippen LogP contribution in [0.2, 0.25) is 0 Å². The predicted octanol–water partition coefficient (Wildman–Crippen LogP) is 0.918. The van der Waals surface area contributed by atoms with Gasteiger partial charge in [0.2, 0.25) is 0 Å². The Morgan fingerprint density at radius 1 is 1.58 bits per heavy atom. The molecule has 12 heavy (non-hydrogen) atoms. The summed E-state index contributed by atoms with van der Waals surface area (Å²) in [6, 6.07) is 2.07. The Hall–Kier alpha value is -1.09. The molecule has 1 unspecified atom stereocenters. The molecule has 3 heteroatoms. The van der Waals surface area contributed by atoms with Gasteiger partial charge in [0, 0.05) is 11.7 Å². The minimum absolute atomic E-state index is 0.174. The molecular formula is C9H13N3. The van der Waals surface area contributed by atoms with Crippen LogP contribution in [-0.4, -0.2) is 4.98 Å². The summed E-state index contributed by atoms with van der Waals surface area (Å²) in [5.74, 6) is 0.611. The fourth-order valence-corrected chi connectivity index (χ4v) is 1.91. The first-order chi connectivity index (χ1) is 5.68. The highest BCUT2D eigenvalue weighted by Crippen LogP contribution is 2.31. The van der Waals surface area contributed by atoms with Crippen LogP contribution in [0.15, 0.2) is 6.07 Å². The summed E-state index contributed by atoms with van der Waals surface area (Å²) < 4.78 is 0. The van der Waals surface area contributed by atoms with E-state index in [2.05, 4.69) is 4.98 Å². The lowest BCUT2D eigenvalue weighted by molar-refractivity contribution is 0.710. The van der Waals surface area contributed by atoms with Gasteiger partial charge in [0.25, 0.3) is 0 Å². The molecule has 0 radical (unpaired) electrons. The first kappa shape index (κ1) is 7.55. The molecule has 0 saturated heterocycles. The molecule has 2 rings (SSSR count). The van der Waals surface area contributed by atoms with Gasteiger partial charge in [-0.05, 0) is 37.0 Å². The van der Waals surface area contributed by atoms with Crippen molar-refractivity contribution >= 4 is 5.82 Å². The maximum atomic E-state index is 5.92. The summed E-state index contributed by atoms with van der Waals surface area (Å²) in [4.78, 5) is 4.26. The first-order valence-corrected chi connectivity index (χ1v) is 4.20. The van der Waals surface area contributed by atoms with Crippen molar-refractivity contribution in [2.75, 3.05) is 5.73 Å². The number of aromatic nitrogens is 1. The average molecular weight is 163 g/mol. The van der Waals surface area contributed by atoms with Gasteiger partial charge in [-0.15, -0.1) is 0 Å². The summed E-state index contributed by atoms with van der Waals surface area (Å²) in [6.45, 7) is 2.04. The first-order valence-electron chi connectivity index (χ1n) is 4.20. The van der Waals surface area contributed by atoms with E-state index in [1.54, 1.807) is 0 Å². The van der Waals surface area contributed by atoms with Gasteiger partial charge in [-0.1, -0.05) is 0 Å². The van der Waals surface area contributed by atoms with Crippen molar-refractivity contribution in [3.8, 4) is 0 Å². The largest absolute Gasteiger partial charge is 0.384 e. The molecule has 0 aromatic carbocycles. The van der Waals surface area contributed by atoms with Crippen molar-refractivity contribution in [3.05, 3.63) is 22.9 Å². The van der Waals surface area contributed by atoms with Crippen LogP contribution in [0, 0.1) is 6.92 Å². The molecule has 1 atom stereocenters. The Kier molecular flexibility index (Phi) is 1.54. The van der Waals surface area contributed by atoms with Gasteiger partial charge >= 0.3 is 0 Å². The van der Waals surface area contributed by atoms with Crippen LogP contribution in [0.3, 0.4) is 0 Å². The second-order valence-electron chi connectivity index (χ2n) is 3.37. The topological polar surface area (TPSA) is 64.9 Å². The highest BCUT2D eigenvalue weighted by atomic mass is 14.9. The molecule has 4 N–H and O–H groups in total. The number of nitrogens with zero attached hydrogens (tertiary/aromatic N) is 1. The Morgan fingerprint density at radius 2 is 2.33 bits per heavy atom. The molecule has 1 aromatic rings. The zero-order chi connectivity index (χ0) is 8.72. The van der Waals surface area contributed by atoms with Crippen molar-refractivity contribution in [1.82, 2.24) is 4.98 Å². The zero-order valence-corrected chi connectivity index (χ0v) is 7.17. The number of aryl methyl sites for hydroxylation is 2. The second-order valence-corrected chi connectivity index (χ2v) is 3.37. The number of hydrogen-bond donors (Lipinski definition) is 2. The molecule has 3 nitrogen and oxygen atoms in total. The van der Waals surface area contributed by atoms with Crippen molar-refractivity contribution in [2.24, 2.45) is 5.73 Å². The van der Waals surface area contributed by atoms with E-state index in [1.165, 1.54) is 11.1 Å². The zero-order valence-electron chi connectivity index (χ0n) is 7.17. The van der Waals surface area contributed by atoms with E-state index in [1.807, 2.05) is 13.0 Å². The number of nitrogen functional groups attached to an aromatic ring is 1. The maximum Gasteiger partial charge on any atom is 0.123 e. The van der Waals surface area contributed by atoms with Gasteiger partial charge in [-0.2, -0.15) is 0 Å². The van der Waals surface area contributed by atoms with E-state index in [-0.39, 0.29) is 6.04 Å². The van der Waals surface area contributed by atoms with Crippen molar-refractivity contribution in [1.29, 1.82) is 0 Å². The molecule has 0 bridgehead atoms. The quantitative estimate of drug-likeness (QED) is 0.597. The van der Waals surface area contributed by atoms with Crippen LogP contribution < -0.4 is 11.5 Å². The van der Waals surface area contributed by atoms with Crippen molar-refractivity contribution in [3.63, 3.8) is 0 Å². The van der Waals surface area contributed by atoms with E-state index in [0.29, 0.717) is 5.82 Å². The van der Waals surface area contributed by atoms with E-state index >= 15 is 0 Å². The number of fused-ring (bicyclic) bond motifs is 1. The molecule has 0 aliphatic heterocycles. The van der Waals surface area contributed by atoms with Crippen molar-refractivity contribution < 1.29 is 0 Å². The van der Waals surface area contributed by atoms with Crippen LogP contribution in [0.4, 0.5) is 5.82 Å². The number of nitrogens with two attached hydrogens (primary N) is 2. The smallest absolute Gasteiger partial charge is 0.123 e. The third-order valence-corrected chi connectivity index (χ3v) is 2.43. The molecule has 64 valence electrons. The third-order valence-electron chi connectivity index (χ3n) is 2.43. The lowest BCUT2D eigenvalue weighted by atomic mass is 10.1. The molecule has 0 fully saturated rings. The summed E-state index contributed by atoms with van der Waals surface area (Å²) in [6.07, 6.45) is 1.98. The highest BCUT2D eigenvalue weighted by molar-refractivity contribution is 5.44. The second kappa shape index (κ2) is 2.45. The van der Waals surface area contributed by atoms with E-state index in [4.69, 9.17) is 11.5 Å². The third kappa shape index (κ3) is 0.975. The van der Waals surface area contributed by atoms with Gasteiger partial charge < -0.3 is 11.5 Å². The van der Waals surface area contributed by atoms with E-state index in [9.17, 15) is 0 Å².